The lowest BCUT2D eigenvalue weighted by Gasteiger charge is -2.27. The molecule has 1 rings (SSSR count). The van der Waals surface area contributed by atoms with Crippen molar-refractivity contribution in [3.63, 3.8) is 0 Å². The highest BCUT2D eigenvalue weighted by molar-refractivity contribution is 6.68. The van der Waals surface area contributed by atoms with E-state index in [4.69, 9.17) is 34.8 Å². The number of halogens is 3. The Kier molecular flexibility index (Phi) is 7.49. The van der Waals surface area contributed by atoms with Crippen molar-refractivity contribution in [2.75, 3.05) is 5.32 Å². The van der Waals surface area contributed by atoms with Crippen molar-refractivity contribution in [1.29, 1.82) is 0 Å². The molecule has 0 radical (unpaired) electrons. The van der Waals surface area contributed by atoms with Crippen LogP contribution in [-0.4, -0.2) is 15.9 Å². The van der Waals surface area contributed by atoms with Gasteiger partial charge in [0.25, 0.3) is 0 Å². The van der Waals surface area contributed by atoms with Gasteiger partial charge >= 0.3 is 0 Å². The highest BCUT2D eigenvalue weighted by atomic mass is 35.6. The standard InChI is InChI=1S/C14H19Cl3N2O/c1-2-3-5-10-12(20)19-13(14(15,16)17)18-11-8-6-4-7-9-11/h4,6-9,13,18H,2-3,5,10H2,1H3,(H,19,20)/t13-/m0/s1. The van der Waals surface area contributed by atoms with Crippen molar-refractivity contribution in [1.82, 2.24) is 5.32 Å². The second-order valence-electron chi connectivity index (χ2n) is 4.51. The first-order valence-electron chi connectivity index (χ1n) is 6.61. The number of amides is 1. The Hall–Kier alpha value is -0.640. The van der Waals surface area contributed by atoms with E-state index in [1.54, 1.807) is 0 Å². The van der Waals surface area contributed by atoms with Gasteiger partial charge in [0.1, 0.15) is 6.17 Å². The van der Waals surface area contributed by atoms with Gasteiger partial charge in [-0.2, -0.15) is 0 Å². The summed E-state index contributed by atoms with van der Waals surface area (Å²) in [4.78, 5) is 11.8. The fourth-order valence-corrected chi connectivity index (χ4v) is 2.00. The summed E-state index contributed by atoms with van der Waals surface area (Å²) < 4.78 is -1.63. The number of hydrogen-bond acceptors (Lipinski definition) is 2. The topological polar surface area (TPSA) is 41.1 Å². The number of unbranched alkanes of at least 4 members (excludes halogenated alkanes) is 2. The molecular weight excluding hydrogens is 319 g/mol. The summed E-state index contributed by atoms with van der Waals surface area (Å²) >= 11 is 17.7. The number of alkyl halides is 3. The molecule has 0 fully saturated rings. The molecule has 0 heterocycles. The van der Waals surface area contributed by atoms with Crippen LogP contribution in [0.25, 0.3) is 0 Å². The minimum absolute atomic E-state index is 0.127. The second kappa shape index (κ2) is 8.60. The van der Waals surface area contributed by atoms with Crippen LogP contribution in [0.3, 0.4) is 0 Å². The molecule has 1 atom stereocenters. The van der Waals surface area contributed by atoms with Crippen LogP contribution in [0.2, 0.25) is 0 Å². The molecule has 0 aliphatic carbocycles. The third-order valence-electron chi connectivity index (χ3n) is 2.72. The van der Waals surface area contributed by atoms with Gasteiger partial charge in [-0.05, 0) is 18.6 Å². The normalized spacial score (nSPS) is 12.8. The highest BCUT2D eigenvalue weighted by Gasteiger charge is 2.33. The van der Waals surface area contributed by atoms with E-state index in [9.17, 15) is 4.79 Å². The van der Waals surface area contributed by atoms with Crippen LogP contribution in [0.15, 0.2) is 30.3 Å². The summed E-state index contributed by atoms with van der Waals surface area (Å²) in [6.07, 6.45) is 2.56. The van der Waals surface area contributed by atoms with Gasteiger partial charge in [0.05, 0.1) is 0 Å². The molecule has 0 spiro atoms. The zero-order valence-electron chi connectivity index (χ0n) is 11.3. The minimum Gasteiger partial charge on any atom is -0.362 e. The maximum absolute atomic E-state index is 11.8. The van der Waals surface area contributed by atoms with Gasteiger partial charge in [-0.3, -0.25) is 4.79 Å². The molecule has 112 valence electrons. The lowest BCUT2D eigenvalue weighted by molar-refractivity contribution is -0.121. The first kappa shape index (κ1) is 17.4. The van der Waals surface area contributed by atoms with Crippen molar-refractivity contribution in [2.45, 2.75) is 42.6 Å². The Morgan fingerprint density at radius 2 is 1.85 bits per heavy atom. The van der Waals surface area contributed by atoms with Crippen molar-refractivity contribution in [3.8, 4) is 0 Å². The van der Waals surface area contributed by atoms with Crippen LogP contribution in [0.4, 0.5) is 5.69 Å². The molecule has 6 heteroatoms. The minimum atomic E-state index is -1.63. The molecule has 1 aromatic rings. The average molecular weight is 338 g/mol. The summed E-state index contributed by atoms with van der Waals surface area (Å²) in [7, 11) is 0. The van der Waals surface area contributed by atoms with Crippen LogP contribution in [0, 0.1) is 0 Å². The lowest BCUT2D eigenvalue weighted by atomic mass is 10.2. The Balaban J connectivity index is 2.59. The molecule has 0 saturated carbocycles. The van der Waals surface area contributed by atoms with E-state index in [2.05, 4.69) is 17.6 Å². The molecule has 2 N–H and O–H groups in total. The van der Waals surface area contributed by atoms with E-state index in [1.165, 1.54) is 0 Å². The summed E-state index contributed by atoms with van der Waals surface area (Å²) in [5, 5.41) is 5.73. The van der Waals surface area contributed by atoms with Crippen molar-refractivity contribution in [2.24, 2.45) is 0 Å². The monoisotopic (exact) mass is 336 g/mol. The quantitative estimate of drug-likeness (QED) is 0.437. The maximum atomic E-state index is 11.8. The largest absolute Gasteiger partial charge is 0.362 e. The van der Waals surface area contributed by atoms with Crippen LogP contribution in [0.1, 0.15) is 32.6 Å². The SMILES string of the molecule is CCCCCC(=O)N[C@H](Nc1ccccc1)C(Cl)(Cl)Cl. The van der Waals surface area contributed by atoms with E-state index in [0.717, 1.165) is 24.9 Å². The van der Waals surface area contributed by atoms with E-state index in [-0.39, 0.29) is 5.91 Å². The van der Waals surface area contributed by atoms with E-state index in [1.807, 2.05) is 30.3 Å². The van der Waals surface area contributed by atoms with Gasteiger partial charge in [-0.25, -0.2) is 0 Å². The number of carbonyl (C=O) groups excluding carboxylic acids is 1. The number of nitrogens with one attached hydrogen (secondary N) is 2. The number of carbonyl (C=O) groups is 1. The third kappa shape index (κ3) is 6.69. The van der Waals surface area contributed by atoms with Gasteiger partial charge in [0, 0.05) is 12.1 Å². The van der Waals surface area contributed by atoms with E-state index < -0.39 is 9.96 Å². The Labute approximate surface area is 135 Å². The second-order valence-corrected chi connectivity index (χ2v) is 6.88. The van der Waals surface area contributed by atoms with Crippen LogP contribution < -0.4 is 10.6 Å². The predicted octanol–water partition coefficient (Wildman–Crippen LogP) is 4.49. The summed E-state index contributed by atoms with van der Waals surface area (Å²) in [5.41, 5.74) is 0.776. The fourth-order valence-electron chi connectivity index (χ4n) is 1.67. The Morgan fingerprint density at radius 1 is 1.20 bits per heavy atom. The molecule has 0 aromatic heterocycles. The number of anilines is 1. The summed E-state index contributed by atoms with van der Waals surface area (Å²) in [6, 6.07) is 9.29. The number of para-hydroxylation sites is 1. The van der Waals surface area contributed by atoms with Gasteiger partial charge in [0.15, 0.2) is 0 Å². The molecule has 1 aromatic carbocycles. The van der Waals surface area contributed by atoms with Gasteiger partial charge in [-0.1, -0.05) is 72.8 Å². The van der Waals surface area contributed by atoms with E-state index >= 15 is 0 Å². The first-order valence-corrected chi connectivity index (χ1v) is 7.74. The molecule has 0 aliphatic heterocycles. The van der Waals surface area contributed by atoms with Gasteiger partial charge in [-0.15, -0.1) is 0 Å². The molecule has 1 amide bonds. The maximum Gasteiger partial charge on any atom is 0.228 e. The van der Waals surface area contributed by atoms with Crippen molar-refractivity contribution in [3.05, 3.63) is 30.3 Å². The molecule has 0 unspecified atom stereocenters. The molecular formula is C14H19Cl3N2O. The van der Waals surface area contributed by atoms with Gasteiger partial charge in [0.2, 0.25) is 9.70 Å². The average Bonchev–Trinajstić information content (AvgIpc) is 2.38. The predicted molar refractivity (Wildman–Crippen MR) is 86.4 cm³/mol. The number of rotatable bonds is 7. The Bertz CT molecular complexity index is 407. The molecule has 0 saturated heterocycles. The Morgan fingerprint density at radius 3 is 2.40 bits per heavy atom. The highest BCUT2D eigenvalue weighted by Crippen LogP contribution is 2.31. The number of hydrogen-bond donors (Lipinski definition) is 2. The van der Waals surface area contributed by atoms with Crippen molar-refractivity contribution < 1.29 is 4.79 Å². The zero-order chi connectivity index (χ0) is 15.0. The fraction of sp³-hybridized carbons (Fsp3) is 0.500. The third-order valence-corrected chi connectivity index (χ3v) is 3.38. The van der Waals surface area contributed by atoms with Crippen LogP contribution >= 0.6 is 34.8 Å². The first-order chi connectivity index (χ1) is 9.43. The summed E-state index contributed by atoms with van der Waals surface area (Å²) in [6.45, 7) is 2.08. The van der Waals surface area contributed by atoms with Gasteiger partial charge < -0.3 is 10.6 Å². The van der Waals surface area contributed by atoms with E-state index in [0.29, 0.717) is 6.42 Å². The molecule has 20 heavy (non-hydrogen) atoms. The smallest absolute Gasteiger partial charge is 0.228 e. The van der Waals surface area contributed by atoms with Crippen molar-refractivity contribution >= 4 is 46.4 Å². The molecule has 0 aliphatic rings. The number of benzene rings is 1. The molecule has 0 bridgehead atoms. The lowest BCUT2D eigenvalue weighted by Crippen LogP contribution is -2.49. The molecule has 3 nitrogen and oxygen atoms in total. The van der Waals surface area contributed by atoms with Crippen LogP contribution in [-0.2, 0) is 4.79 Å². The summed E-state index contributed by atoms with van der Waals surface area (Å²) in [5.74, 6) is -0.127. The zero-order valence-corrected chi connectivity index (χ0v) is 13.6. The van der Waals surface area contributed by atoms with Crippen LogP contribution in [0.5, 0.6) is 0 Å².